The van der Waals surface area contributed by atoms with E-state index in [2.05, 4.69) is 21.6 Å². The molecule has 0 unspecified atom stereocenters. The number of rotatable bonds is 5. The Hall–Kier alpha value is -2.15. The number of aryl methyl sites for hydroxylation is 1. The molecule has 0 radical (unpaired) electrons. The number of hydrogen-bond donors (Lipinski definition) is 1. The van der Waals surface area contributed by atoms with Crippen molar-refractivity contribution >= 4 is 45.3 Å². The van der Waals surface area contributed by atoms with Crippen LogP contribution in [-0.2, 0) is 24.7 Å². The Balaban J connectivity index is 1.43. The summed E-state index contributed by atoms with van der Waals surface area (Å²) < 4.78 is 1.90. The van der Waals surface area contributed by atoms with Crippen LogP contribution in [0.3, 0.4) is 0 Å². The van der Waals surface area contributed by atoms with Gasteiger partial charge in [0.1, 0.15) is 11.1 Å². The van der Waals surface area contributed by atoms with Gasteiger partial charge >= 0.3 is 0 Å². The van der Waals surface area contributed by atoms with Crippen LogP contribution in [0.25, 0.3) is 10.7 Å². The van der Waals surface area contributed by atoms with Crippen LogP contribution in [0.5, 0.6) is 0 Å². The molecule has 0 atom stereocenters. The first-order chi connectivity index (χ1) is 13.2. The fraction of sp³-hybridized carbons (Fsp3) is 0.333. The molecule has 3 aromatic rings. The van der Waals surface area contributed by atoms with Crippen molar-refractivity contribution in [3.63, 3.8) is 0 Å². The zero-order chi connectivity index (χ0) is 18.8. The van der Waals surface area contributed by atoms with Gasteiger partial charge in [-0.05, 0) is 42.7 Å². The van der Waals surface area contributed by atoms with Gasteiger partial charge in [0.2, 0.25) is 5.91 Å². The van der Waals surface area contributed by atoms with E-state index < -0.39 is 0 Å². The summed E-state index contributed by atoms with van der Waals surface area (Å²) >= 11 is 4.50. The monoisotopic (exact) mass is 415 g/mol. The van der Waals surface area contributed by atoms with Gasteiger partial charge in [-0.2, -0.15) is 5.26 Å². The van der Waals surface area contributed by atoms with Crippen molar-refractivity contribution in [2.24, 2.45) is 7.05 Å². The van der Waals surface area contributed by atoms with E-state index in [1.165, 1.54) is 16.6 Å². The van der Waals surface area contributed by atoms with E-state index in [1.54, 1.807) is 22.7 Å². The standard InChI is InChI=1S/C18H17N5OS3/c1-23-16(14-7-4-8-25-14)21-22-18(23)26-10-15(24)20-17-12(9-19)11-5-2-3-6-13(11)27-17/h4,7-8H,2-3,5-6,10H2,1H3,(H,20,24). The molecule has 4 rings (SSSR count). The third-order valence-corrected chi connectivity index (χ3v) is 7.54. The minimum atomic E-state index is -0.129. The van der Waals surface area contributed by atoms with Crippen molar-refractivity contribution in [2.45, 2.75) is 30.8 Å². The number of nitrogens with zero attached hydrogens (tertiary/aromatic N) is 4. The first kappa shape index (κ1) is 18.2. The summed E-state index contributed by atoms with van der Waals surface area (Å²) in [4.78, 5) is 14.7. The van der Waals surface area contributed by atoms with Gasteiger partial charge in [-0.25, -0.2) is 0 Å². The van der Waals surface area contributed by atoms with Crippen LogP contribution in [0.4, 0.5) is 5.00 Å². The van der Waals surface area contributed by atoms with E-state index in [4.69, 9.17) is 0 Å². The third kappa shape index (κ3) is 3.65. The minimum Gasteiger partial charge on any atom is -0.316 e. The summed E-state index contributed by atoms with van der Waals surface area (Å²) in [5.41, 5.74) is 1.78. The summed E-state index contributed by atoms with van der Waals surface area (Å²) in [5, 5.41) is 24.2. The zero-order valence-corrected chi connectivity index (χ0v) is 17.1. The maximum atomic E-state index is 12.4. The van der Waals surface area contributed by atoms with E-state index in [1.807, 2.05) is 29.1 Å². The SMILES string of the molecule is Cn1c(SCC(=O)Nc2sc3c(c2C#N)CCCC3)nnc1-c1cccs1. The number of aromatic nitrogens is 3. The first-order valence-corrected chi connectivity index (χ1v) is 11.3. The summed E-state index contributed by atoms with van der Waals surface area (Å²) in [6.07, 6.45) is 4.20. The molecule has 1 aliphatic rings. The Morgan fingerprint density at radius 1 is 1.41 bits per heavy atom. The number of fused-ring (bicyclic) bond motifs is 1. The van der Waals surface area contributed by atoms with Gasteiger partial charge in [0, 0.05) is 11.9 Å². The molecule has 3 heterocycles. The van der Waals surface area contributed by atoms with Crippen LogP contribution in [0, 0.1) is 11.3 Å². The lowest BCUT2D eigenvalue weighted by molar-refractivity contribution is -0.113. The second-order valence-electron chi connectivity index (χ2n) is 6.21. The van der Waals surface area contributed by atoms with E-state index >= 15 is 0 Å². The Labute approximate surface area is 169 Å². The van der Waals surface area contributed by atoms with Gasteiger partial charge in [-0.15, -0.1) is 32.9 Å². The molecule has 0 spiro atoms. The van der Waals surface area contributed by atoms with Crippen LogP contribution < -0.4 is 5.32 Å². The third-order valence-electron chi connectivity index (χ3n) is 4.44. The molecule has 0 aliphatic heterocycles. The smallest absolute Gasteiger partial charge is 0.235 e. The highest BCUT2D eigenvalue weighted by atomic mass is 32.2. The van der Waals surface area contributed by atoms with E-state index in [-0.39, 0.29) is 11.7 Å². The van der Waals surface area contributed by atoms with Crippen molar-refractivity contribution in [1.29, 1.82) is 5.26 Å². The zero-order valence-electron chi connectivity index (χ0n) is 14.7. The molecule has 1 N–H and O–H groups in total. The summed E-state index contributed by atoms with van der Waals surface area (Å²) in [6.45, 7) is 0. The molecule has 0 bridgehead atoms. The Morgan fingerprint density at radius 3 is 3.04 bits per heavy atom. The summed E-state index contributed by atoms with van der Waals surface area (Å²) in [6, 6.07) is 6.25. The average molecular weight is 416 g/mol. The molecule has 6 nitrogen and oxygen atoms in total. The molecule has 0 aromatic carbocycles. The van der Waals surface area contributed by atoms with Gasteiger partial charge in [0.15, 0.2) is 11.0 Å². The molecule has 27 heavy (non-hydrogen) atoms. The lowest BCUT2D eigenvalue weighted by atomic mass is 9.96. The minimum absolute atomic E-state index is 0.129. The molecular weight excluding hydrogens is 398 g/mol. The fourth-order valence-electron chi connectivity index (χ4n) is 3.13. The molecule has 0 saturated carbocycles. The van der Waals surface area contributed by atoms with Crippen LogP contribution >= 0.6 is 34.4 Å². The topological polar surface area (TPSA) is 83.6 Å². The molecule has 0 fully saturated rings. The number of nitrogens with one attached hydrogen (secondary N) is 1. The molecule has 138 valence electrons. The largest absolute Gasteiger partial charge is 0.316 e. The number of carbonyl (C=O) groups excluding carboxylic acids is 1. The maximum absolute atomic E-state index is 12.4. The average Bonchev–Trinajstić information content (AvgIpc) is 3.38. The Bertz CT molecular complexity index is 1010. The van der Waals surface area contributed by atoms with E-state index in [0.717, 1.165) is 41.9 Å². The van der Waals surface area contributed by atoms with Crippen LogP contribution in [-0.4, -0.2) is 26.4 Å². The maximum Gasteiger partial charge on any atom is 0.235 e. The molecule has 0 saturated heterocycles. The highest BCUT2D eigenvalue weighted by Gasteiger charge is 2.22. The molecule has 1 amide bonds. The summed E-state index contributed by atoms with van der Waals surface area (Å²) in [7, 11) is 1.90. The van der Waals surface area contributed by atoms with Gasteiger partial charge in [0.25, 0.3) is 0 Å². The number of thioether (sulfide) groups is 1. The van der Waals surface area contributed by atoms with Crippen molar-refractivity contribution in [2.75, 3.05) is 11.1 Å². The molecular formula is C18H17N5OS3. The van der Waals surface area contributed by atoms with Crippen LogP contribution in [0.15, 0.2) is 22.7 Å². The lowest BCUT2D eigenvalue weighted by Crippen LogP contribution is -2.14. The van der Waals surface area contributed by atoms with Crippen LogP contribution in [0.2, 0.25) is 0 Å². The quantitative estimate of drug-likeness (QED) is 0.635. The lowest BCUT2D eigenvalue weighted by Gasteiger charge is -2.09. The normalized spacial score (nSPS) is 13.2. The van der Waals surface area contributed by atoms with Crippen LogP contribution in [0.1, 0.15) is 28.8 Å². The Morgan fingerprint density at radius 2 is 2.26 bits per heavy atom. The number of anilines is 1. The van der Waals surface area contributed by atoms with Gasteiger partial charge in [-0.1, -0.05) is 17.8 Å². The van der Waals surface area contributed by atoms with E-state index in [9.17, 15) is 10.1 Å². The number of thiophene rings is 2. The van der Waals surface area contributed by atoms with Crippen molar-refractivity contribution < 1.29 is 4.79 Å². The van der Waals surface area contributed by atoms with Gasteiger partial charge < -0.3 is 9.88 Å². The number of amides is 1. The van der Waals surface area contributed by atoms with Gasteiger partial charge in [0.05, 0.1) is 16.2 Å². The highest BCUT2D eigenvalue weighted by Crippen LogP contribution is 2.37. The van der Waals surface area contributed by atoms with Gasteiger partial charge in [-0.3, -0.25) is 4.79 Å². The number of hydrogen-bond acceptors (Lipinski definition) is 7. The Kier molecular flexibility index (Phi) is 5.29. The van der Waals surface area contributed by atoms with Crippen molar-refractivity contribution in [3.05, 3.63) is 33.5 Å². The number of carbonyl (C=O) groups is 1. The first-order valence-electron chi connectivity index (χ1n) is 8.58. The molecule has 9 heteroatoms. The van der Waals surface area contributed by atoms with Crippen molar-refractivity contribution in [1.82, 2.24) is 14.8 Å². The fourth-order valence-corrected chi connectivity index (χ4v) is 5.84. The second-order valence-corrected chi connectivity index (χ2v) is 9.20. The molecule has 1 aliphatic carbocycles. The highest BCUT2D eigenvalue weighted by molar-refractivity contribution is 7.99. The van der Waals surface area contributed by atoms with Crippen molar-refractivity contribution in [3.8, 4) is 16.8 Å². The second kappa shape index (κ2) is 7.84. The number of nitriles is 1. The predicted molar refractivity (Wildman–Crippen MR) is 109 cm³/mol. The predicted octanol–water partition coefficient (Wildman–Crippen LogP) is 4.09. The molecule has 3 aromatic heterocycles. The summed E-state index contributed by atoms with van der Waals surface area (Å²) in [5.74, 6) is 0.894. The van der Waals surface area contributed by atoms with E-state index in [0.29, 0.717) is 15.7 Å².